The number of halogens is 2. The topological polar surface area (TPSA) is 9.23 Å². The maximum Gasteiger partial charge on any atom is 0.0830 e. The summed E-state index contributed by atoms with van der Waals surface area (Å²) in [5, 5.41) is 1.35. The van der Waals surface area contributed by atoms with Crippen LogP contribution in [0.4, 0.5) is 0 Å². The lowest BCUT2D eigenvalue weighted by molar-refractivity contribution is 0.0556. The zero-order valence-corrected chi connectivity index (χ0v) is 9.48. The van der Waals surface area contributed by atoms with E-state index in [4.69, 9.17) is 27.9 Å². The Morgan fingerprint density at radius 3 is 2.29 bits per heavy atom. The van der Waals surface area contributed by atoms with Crippen molar-refractivity contribution in [2.75, 3.05) is 0 Å². The molecule has 0 bridgehead atoms. The molecular weight excluding hydrogens is 219 g/mol. The van der Waals surface area contributed by atoms with Gasteiger partial charge in [-0.05, 0) is 43.5 Å². The van der Waals surface area contributed by atoms with E-state index in [0.29, 0.717) is 16.1 Å². The second-order valence-corrected chi connectivity index (χ2v) is 4.59. The molecule has 1 aliphatic heterocycles. The summed E-state index contributed by atoms with van der Waals surface area (Å²) < 4.78 is 5.74. The van der Waals surface area contributed by atoms with Crippen molar-refractivity contribution in [3.8, 4) is 0 Å². The number of benzene rings is 1. The molecule has 1 nitrogen and oxygen atoms in total. The molecule has 1 heterocycles. The SMILES string of the molecule is CC1CCC(c2cc(Cl)cc(Cl)c2)O1. The summed E-state index contributed by atoms with van der Waals surface area (Å²) in [6, 6.07) is 5.59. The predicted molar refractivity (Wildman–Crippen MR) is 59.0 cm³/mol. The van der Waals surface area contributed by atoms with E-state index in [1.165, 1.54) is 0 Å². The number of ether oxygens (including phenoxy) is 1. The van der Waals surface area contributed by atoms with Gasteiger partial charge in [-0.1, -0.05) is 23.2 Å². The zero-order chi connectivity index (χ0) is 10.1. The predicted octanol–water partition coefficient (Wildman–Crippen LogP) is 4.23. The Hall–Kier alpha value is -0.240. The minimum Gasteiger partial charge on any atom is -0.371 e. The van der Waals surface area contributed by atoms with Gasteiger partial charge in [-0.15, -0.1) is 0 Å². The molecule has 14 heavy (non-hydrogen) atoms. The molecule has 1 aromatic carbocycles. The van der Waals surface area contributed by atoms with Crippen LogP contribution in [-0.2, 0) is 4.74 Å². The van der Waals surface area contributed by atoms with E-state index in [-0.39, 0.29) is 6.10 Å². The van der Waals surface area contributed by atoms with Crippen LogP contribution in [0.5, 0.6) is 0 Å². The molecule has 0 N–H and O–H groups in total. The number of hydrogen-bond donors (Lipinski definition) is 0. The molecule has 0 amide bonds. The van der Waals surface area contributed by atoms with Crippen LogP contribution in [0.2, 0.25) is 10.0 Å². The van der Waals surface area contributed by atoms with Crippen molar-refractivity contribution >= 4 is 23.2 Å². The van der Waals surface area contributed by atoms with Gasteiger partial charge >= 0.3 is 0 Å². The molecule has 0 radical (unpaired) electrons. The highest BCUT2D eigenvalue weighted by molar-refractivity contribution is 6.34. The Morgan fingerprint density at radius 2 is 1.79 bits per heavy atom. The average molecular weight is 231 g/mol. The first-order valence-electron chi connectivity index (χ1n) is 4.76. The molecule has 1 aromatic rings. The van der Waals surface area contributed by atoms with Gasteiger partial charge in [-0.25, -0.2) is 0 Å². The second-order valence-electron chi connectivity index (χ2n) is 3.72. The van der Waals surface area contributed by atoms with Crippen LogP contribution in [0, 0.1) is 0 Å². The molecule has 2 atom stereocenters. The summed E-state index contributed by atoms with van der Waals surface area (Å²) in [6.45, 7) is 2.09. The van der Waals surface area contributed by atoms with Crippen LogP contribution < -0.4 is 0 Å². The minimum absolute atomic E-state index is 0.168. The molecule has 1 fully saturated rings. The molecule has 1 aliphatic rings. The first-order valence-corrected chi connectivity index (χ1v) is 5.52. The van der Waals surface area contributed by atoms with Crippen molar-refractivity contribution in [3.63, 3.8) is 0 Å². The third-order valence-electron chi connectivity index (χ3n) is 2.49. The van der Waals surface area contributed by atoms with Gasteiger partial charge in [-0.3, -0.25) is 0 Å². The highest BCUT2D eigenvalue weighted by Gasteiger charge is 2.23. The molecule has 0 aromatic heterocycles. The summed E-state index contributed by atoms with van der Waals surface area (Å²) in [5.41, 5.74) is 1.09. The molecule has 3 heteroatoms. The molecule has 0 spiro atoms. The lowest BCUT2D eigenvalue weighted by Crippen LogP contribution is -2.00. The minimum atomic E-state index is 0.168. The fourth-order valence-electron chi connectivity index (χ4n) is 1.81. The highest BCUT2D eigenvalue weighted by atomic mass is 35.5. The van der Waals surface area contributed by atoms with Gasteiger partial charge in [0.25, 0.3) is 0 Å². The summed E-state index contributed by atoms with van der Waals surface area (Å²) in [5.74, 6) is 0. The smallest absolute Gasteiger partial charge is 0.0830 e. The molecule has 1 saturated heterocycles. The van der Waals surface area contributed by atoms with Crippen LogP contribution in [0.1, 0.15) is 31.4 Å². The van der Waals surface area contributed by atoms with E-state index in [0.717, 1.165) is 18.4 Å². The maximum absolute atomic E-state index is 5.92. The van der Waals surface area contributed by atoms with Crippen molar-refractivity contribution in [1.82, 2.24) is 0 Å². The Morgan fingerprint density at radius 1 is 1.14 bits per heavy atom. The summed E-state index contributed by atoms with van der Waals surface area (Å²) >= 11 is 11.8. The van der Waals surface area contributed by atoms with Gasteiger partial charge in [0.05, 0.1) is 12.2 Å². The summed E-state index contributed by atoms with van der Waals surface area (Å²) in [4.78, 5) is 0. The van der Waals surface area contributed by atoms with E-state index in [1.807, 2.05) is 12.1 Å². The maximum atomic E-state index is 5.92. The molecule has 0 aliphatic carbocycles. The lowest BCUT2D eigenvalue weighted by Gasteiger charge is -2.12. The van der Waals surface area contributed by atoms with Crippen molar-refractivity contribution in [2.24, 2.45) is 0 Å². The monoisotopic (exact) mass is 230 g/mol. The van der Waals surface area contributed by atoms with E-state index >= 15 is 0 Å². The van der Waals surface area contributed by atoms with E-state index in [2.05, 4.69) is 6.92 Å². The Kier molecular flexibility index (Phi) is 3.01. The Balaban J connectivity index is 2.23. The summed E-state index contributed by atoms with van der Waals surface area (Å²) in [6.07, 6.45) is 2.67. The molecule has 2 rings (SSSR count). The van der Waals surface area contributed by atoms with Crippen LogP contribution >= 0.6 is 23.2 Å². The average Bonchev–Trinajstić information content (AvgIpc) is 2.50. The number of rotatable bonds is 1. The first-order chi connectivity index (χ1) is 6.65. The van der Waals surface area contributed by atoms with Gasteiger partial charge < -0.3 is 4.74 Å². The Labute approximate surface area is 94.0 Å². The van der Waals surface area contributed by atoms with Gasteiger partial charge in [0.1, 0.15) is 0 Å². The second kappa shape index (κ2) is 4.09. The standard InChI is InChI=1S/C11H12Cl2O/c1-7-2-3-11(14-7)8-4-9(12)6-10(13)5-8/h4-7,11H,2-3H2,1H3. The summed E-state index contributed by atoms with van der Waals surface area (Å²) in [7, 11) is 0. The zero-order valence-electron chi connectivity index (χ0n) is 7.97. The van der Waals surface area contributed by atoms with Gasteiger partial charge in [-0.2, -0.15) is 0 Å². The third kappa shape index (κ3) is 2.22. The molecule has 0 saturated carbocycles. The molecule has 2 unspecified atom stereocenters. The fourth-order valence-corrected chi connectivity index (χ4v) is 2.35. The van der Waals surface area contributed by atoms with Gasteiger partial charge in [0, 0.05) is 10.0 Å². The highest BCUT2D eigenvalue weighted by Crippen LogP contribution is 2.34. The van der Waals surface area contributed by atoms with Gasteiger partial charge in [0.15, 0.2) is 0 Å². The fraction of sp³-hybridized carbons (Fsp3) is 0.455. The quantitative estimate of drug-likeness (QED) is 0.702. The molecule has 76 valence electrons. The Bertz CT molecular complexity index is 318. The largest absolute Gasteiger partial charge is 0.371 e. The van der Waals surface area contributed by atoms with Crippen molar-refractivity contribution in [3.05, 3.63) is 33.8 Å². The van der Waals surface area contributed by atoms with E-state index in [9.17, 15) is 0 Å². The van der Waals surface area contributed by atoms with Crippen LogP contribution in [0.3, 0.4) is 0 Å². The van der Waals surface area contributed by atoms with E-state index in [1.54, 1.807) is 6.07 Å². The van der Waals surface area contributed by atoms with Crippen molar-refractivity contribution < 1.29 is 4.74 Å². The van der Waals surface area contributed by atoms with Crippen LogP contribution in [0.25, 0.3) is 0 Å². The lowest BCUT2D eigenvalue weighted by atomic mass is 10.1. The van der Waals surface area contributed by atoms with E-state index < -0.39 is 0 Å². The number of hydrogen-bond acceptors (Lipinski definition) is 1. The first kappa shape index (κ1) is 10.3. The van der Waals surface area contributed by atoms with Gasteiger partial charge in [0.2, 0.25) is 0 Å². The third-order valence-corrected chi connectivity index (χ3v) is 2.93. The van der Waals surface area contributed by atoms with Crippen molar-refractivity contribution in [1.29, 1.82) is 0 Å². The van der Waals surface area contributed by atoms with Crippen molar-refractivity contribution in [2.45, 2.75) is 32.0 Å². The molecular formula is C11H12Cl2O. The van der Waals surface area contributed by atoms with Crippen LogP contribution in [0.15, 0.2) is 18.2 Å². The van der Waals surface area contributed by atoms with Crippen LogP contribution in [-0.4, -0.2) is 6.10 Å². The normalized spacial score (nSPS) is 26.8.